The van der Waals surface area contributed by atoms with Gasteiger partial charge in [0.25, 0.3) is 0 Å². The van der Waals surface area contributed by atoms with Gasteiger partial charge in [-0.3, -0.25) is 4.57 Å². The van der Waals surface area contributed by atoms with Crippen LogP contribution in [0.2, 0.25) is 35.2 Å². The van der Waals surface area contributed by atoms with Crippen LogP contribution >= 0.6 is 0 Å². The number of nitrogens with zero attached hydrogens (tertiary/aromatic N) is 3. The van der Waals surface area contributed by atoms with Gasteiger partial charge in [0.1, 0.15) is 11.6 Å². The fraction of sp³-hybridized carbons (Fsp3) is 0.273. The van der Waals surface area contributed by atoms with E-state index >= 15 is 0 Å². The van der Waals surface area contributed by atoms with E-state index in [9.17, 15) is 5.11 Å². The van der Waals surface area contributed by atoms with E-state index in [-0.39, 0.29) is 22.0 Å². The molecule has 2 heterocycles. The van der Waals surface area contributed by atoms with Crippen LogP contribution in [-0.4, -0.2) is 41.0 Å². The molecule has 0 aliphatic heterocycles. The van der Waals surface area contributed by atoms with E-state index in [1.807, 2.05) is 6.20 Å². The molecular formula is C66H73GeN3OSi. The maximum absolute atomic E-state index is 12.7. The van der Waals surface area contributed by atoms with Crippen LogP contribution in [-0.2, 0) is 16.2 Å². The van der Waals surface area contributed by atoms with Crippen molar-refractivity contribution in [2.75, 3.05) is 0 Å². The molecule has 9 aromatic rings. The summed E-state index contributed by atoms with van der Waals surface area (Å²) in [6.45, 7) is 25.2. The zero-order valence-corrected chi connectivity index (χ0v) is 48.3. The molecule has 0 saturated carbocycles. The summed E-state index contributed by atoms with van der Waals surface area (Å²) in [6.07, 6.45) is 1.96. The number of rotatable bonds is 10. The van der Waals surface area contributed by atoms with Crippen molar-refractivity contribution >= 4 is 37.6 Å². The zero-order valence-electron chi connectivity index (χ0n) is 45.2. The monoisotopic (exact) mass is 1030 g/mol. The summed E-state index contributed by atoms with van der Waals surface area (Å²) in [5.74, 6) is 8.57. The molecule has 2 aromatic heterocycles. The minimum atomic E-state index is -1.73. The fourth-order valence-corrected chi connectivity index (χ4v) is 32.5. The Labute approximate surface area is 433 Å². The first-order chi connectivity index (χ1) is 33.9. The number of phenolic OH excluding ortho intramolecular Hbond substituents is 1. The number of fused-ring (bicyclic) bond motifs is 1. The van der Waals surface area contributed by atoms with Gasteiger partial charge in [-0.15, -0.1) is 0 Å². The van der Waals surface area contributed by atoms with Gasteiger partial charge in [0.05, 0.1) is 22.3 Å². The Hall–Kier alpha value is -6.28. The van der Waals surface area contributed by atoms with Gasteiger partial charge >= 0.3 is 155 Å². The number of phenols is 1. The van der Waals surface area contributed by atoms with Crippen LogP contribution in [0.25, 0.3) is 83.9 Å². The van der Waals surface area contributed by atoms with Crippen LogP contribution in [0.4, 0.5) is 0 Å². The summed E-state index contributed by atoms with van der Waals surface area (Å²) < 4.78 is 2.30. The van der Waals surface area contributed by atoms with Crippen LogP contribution in [0, 0.1) is 0 Å². The molecule has 7 aromatic carbocycles. The van der Waals surface area contributed by atoms with Gasteiger partial charge in [-0.2, -0.15) is 0 Å². The molecule has 0 fully saturated rings. The standard InChI is InChI=1S/C66H73GeN3OSi/c1-64(2,3)51-37-49(36-50(38-51)58-40-48(34-35-68-58)45-28-31-53(32-29-45)72(13,14)43-67(10,11)12)54-26-21-27-60-61(54)69-63(56-41-52(65(4,5)6)42-57(62(56)71)66(7,8)9)70(60)59-33-30-47(44-22-17-15-18-23-44)39-55(59)46-24-19-16-20-25-46/h15-42,71H,43H2,1-14H3. The molecule has 72 heavy (non-hydrogen) atoms. The van der Waals surface area contributed by atoms with Crippen LogP contribution in [0.3, 0.4) is 0 Å². The molecular weight excluding hydrogens is 951 g/mol. The third kappa shape index (κ3) is 10.5. The number of para-hydroxylation sites is 1. The first-order valence-corrected chi connectivity index (χ1v) is 36.7. The molecule has 1 N–H and O–H groups in total. The Kier molecular flexibility index (Phi) is 13.3. The summed E-state index contributed by atoms with van der Waals surface area (Å²) in [4.78, 5) is 12.2. The molecule has 0 aliphatic rings. The van der Waals surface area contributed by atoms with Crippen molar-refractivity contribution in [3.63, 3.8) is 0 Å². The van der Waals surface area contributed by atoms with Crippen LogP contribution < -0.4 is 5.19 Å². The van der Waals surface area contributed by atoms with E-state index in [0.717, 1.165) is 78.0 Å². The molecule has 0 atom stereocenters. The quantitative estimate of drug-likeness (QED) is 0.139. The molecule has 0 spiro atoms. The van der Waals surface area contributed by atoms with Gasteiger partial charge in [-0.1, -0.05) is 153 Å². The number of hydrogen-bond donors (Lipinski definition) is 1. The van der Waals surface area contributed by atoms with Crippen LogP contribution in [0.1, 0.15) is 79.0 Å². The molecule has 366 valence electrons. The zero-order chi connectivity index (χ0) is 51.5. The van der Waals surface area contributed by atoms with Crippen molar-refractivity contribution in [3.05, 3.63) is 187 Å². The number of benzene rings is 7. The molecule has 0 saturated heterocycles. The Morgan fingerprint density at radius 1 is 0.500 bits per heavy atom. The third-order valence-corrected chi connectivity index (χ3v) is 30.4. The minimum Gasteiger partial charge on any atom is -0.507 e. The van der Waals surface area contributed by atoms with Gasteiger partial charge in [0, 0.05) is 16.7 Å². The molecule has 6 heteroatoms. The first-order valence-electron chi connectivity index (χ1n) is 25.7. The molecule has 0 bridgehead atoms. The van der Waals surface area contributed by atoms with Crippen molar-refractivity contribution in [1.82, 2.24) is 14.5 Å². The van der Waals surface area contributed by atoms with E-state index in [1.165, 1.54) is 21.2 Å². The van der Waals surface area contributed by atoms with Crippen molar-refractivity contribution in [1.29, 1.82) is 0 Å². The SMILES string of the molecule is CC(C)(C)c1cc(-c2cc(-c3ccc([Si](C)(C)[CH2][Ge]([CH3])([CH3])[CH3])cc3)ccn2)cc(-c2cccc3c2nc(-c2cc(C(C)(C)C)cc(C(C)(C)C)c2O)n3-c2ccc(-c3ccccc3)cc2-c2ccccc2)c1. The smallest absolute Gasteiger partial charge is 0.507 e. The van der Waals surface area contributed by atoms with Gasteiger partial charge in [0.15, 0.2) is 0 Å². The van der Waals surface area contributed by atoms with E-state index in [1.54, 1.807) is 0 Å². The van der Waals surface area contributed by atoms with E-state index in [4.69, 9.17) is 9.97 Å². The van der Waals surface area contributed by atoms with Crippen LogP contribution in [0.15, 0.2) is 170 Å². The molecule has 4 nitrogen and oxygen atoms in total. The Balaban J connectivity index is 1.28. The average Bonchev–Trinajstić information content (AvgIpc) is 3.72. The topological polar surface area (TPSA) is 50.9 Å². The molecule has 9 rings (SSSR count). The molecule has 0 aliphatic carbocycles. The van der Waals surface area contributed by atoms with Gasteiger partial charge in [-0.25, -0.2) is 4.98 Å². The number of pyridine rings is 1. The van der Waals surface area contributed by atoms with E-state index in [0.29, 0.717) is 11.4 Å². The minimum absolute atomic E-state index is 0.155. The second-order valence-electron chi connectivity index (χ2n) is 25.0. The number of aromatic nitrogens is 3. The molecule has 0 unspecified atom stereocenters. The molecule has 0 amide bonds. The Bertz CT molecular complexity index is 3430. The van der Waals surface area contributed by atoms with Crippen LogP contribution in [0.5, 0.6) is 5.75 Å². The second kappa shape index (κ2) is 19.0. The Morgan fingerprint density at radius 3 is 1.71 bits per heavy atom. The van der Waals surface area contributed by atoms with Crippen molar-refractivity contribution in [3.8, 4) is 78.6 Å². The van der Waals surface area contributed by atoms with E-state index in [2.05, 4.69) is 261 Å². The average molecular weight is 1030 g/mol. The van der Waals surface area contributed by atoms with Crippen molar-refractivity contribution < 1.29 is 5.11 Å². The van der Waals surface area contributed by atoms with Gasteiger partial charge in [-0.05, 0) is 62.8 Å². The van der Waals surface area contributed by atoms with Crippen molar-refractivity contribution in [2.45, 2.75) is 114 Å². The normalized spacial score (nSPS) is 12.7. The number of hydrogen-bond acceptors (Lipinski definition) is 3. The van der Waals surface area contributed by atoms with Gasteiger partial charge in [0.2, 0.25) is 0 Å². The summed E-state index contributed by atoms with van der Waals surface area (Å²) >= 11 is -1.73. The van der Waals surface area contributed by atoms with E-state index < -0.39 is 21.3 Å². The number of aromatic hydroxyl groups is 1. The summed E-state index contributed by atoms with van der Waals surface area (Å²) in [7, 11) is -1.53. The fourth-order valence-electron chi connectivity index (χ4n) is 10.6. The second-order valence-corrected chi connectivity index (χ2v) is 42.7. The van der Waals surface area contributed by atoms with Gasteiger partial charge < -0.3 is 5.11 Å². The maximum atomic E-state index is 12.7. The predicted molar refractivity (Wildman–Crippen MR) is 315 cm³/mol. The summed E-state index contributed by atoms with van der Waals surface area (Å²) in [5.41, 5.74) is 17.0. The first kappa shape index (κ1) is 50.7. The van der Waals surface area contributed by atoms with Crippen molar-refractivity contribution in [2.24, 2.45) is 0 Å². The summed E-state index contributed by atoms with van der Waals surface area (Å²) in [5, 5.41) is 14.2. The predicted octanol–water partition coefficient (Wildman–Crippen LogP) is 17.8. The summed E-state index contributed by atoms with van der Waals surface area (Å²) in [6, 6.07) is 59.7. The Morgan fingerprint density at radius 2 is 1.08 bits per heavy atom. The third-order valence-electron chi connectivity index (χ3n) is 14.3. The number of imidazole rings is 1. The molecule has 0 radical (unpaired) electrons.